The van der Waals surface area contributed by atoms with Crippen molar-refractivity contribution in [2.45, 2.75) is 32.7 Å². The van der Waals surface area contributed by atoms with Crippen LogP contribution in [0.4, 0.5) is 0 Å². The molecule has 1 rings (SSSR count). The van der Waals surface area contributed by atoms with E-state index in [0.29, 0.717) is 5.92 Å². The lowest BCUT2D eigenvalue weighted by Gasteiger charge is -2.24. The van der Waals surface area contributed by atoms with Crippen molar-refractivity contribution in [3.63, 3.8) is 0 Å². The summed E-state index contributed by atoms with van der Waals surface area (Å²) in [5, 5.41) is 0. The average Bonchev–Trinajstić information content (AvgIpc) is 2.22. The largest absolute Gasteiger partial charge is 0.271 e. The van der Waals surface area contributed by atoms with Crippen LogP contribution in [0.3, 0.4) is 0 Å². The summed E-state index contributed by atoms with van der Waals surface area (Å²) >= 11 is 2.37. The smallest absolute Gasteiger partial charge is 0.0495 e. The summed E-state index contributed by atoms with van der Waals surface area (Å²) in [6.45, 7) is 4.46. The molecule has 0 heterocycles. The number of hydrazine groups is 1. The molecule has 0 bridgehead atoms. The van der Waals surface area contributed by atoms with Crippen molar-refractivity contribution in [2.24, 2.45) is 11.8 Å². The second kappa shape index (κ2) is 6.45. The lowest BCUT2D eigenvalue weighted by Crippen LogP contribution is -2.33. The molecule has 0 amide bonds. The van der Waals surface area contributed by atoms with Crippen LogP contribution in [0.2, 0.25) is 0 Å². The Morgan fingerprint density at radius 2 is 2.07 bits per heavy atom. The molecule has 0 saturated heterocycles. The predicted molar refractivity (Wildman–Crippen MR) is 73.3 cm³/mol. The van der Waals surface area contributed by atoms with Gasteiger partial charge in [0.15, 0.2) is 0 Å². The molecule has 0 radical (unpaired) electrons. The van der Waals surface area contributed by atoms with Gasteiger partial charge >= 0.3 is 0 Å². The molecule has 0 aromatic heterocycles. The molecule has 1 aromatic carbocycles. The van der Waals surface area contributed by atoms with Crippen molar-refractivity contribution in [2.75, 3.05) is 0 Å². The highest BCUT2D eigenvalue weighted by atomic mass is 127. The molecule has 15 heavy (non-hydrogen) atoms. The summed E-state index contributed by atoms with van der Waals surface area (Å²) in [4.78, 5) is 0. The highest BCUT2D eigenvalue weighted by Gasteiger charge is 2.18. The molecule has 0 saturated carbocycles. The zero-order chi connectivity index (χ0) is 11.3. The van der Waals surface area contributed by atoms with Crippen LogP contribution in [-0.2, 0) is 0 Å². The van der Waals surface area contributed by atoms with Gasteiger partial charge in [-0.1, -0.05) is 38.5 Å². The van der Waals surface area contributed by atoms with Gasteiger partial charge in [0.1, 0.15) is 0 Å². The number of nitrogens with two attached hydrogens (primary N) is 1. The summed E-state index contributed by atoms with van der Waals surface area (Å²) in [6, 6.07) is 8.67. The average molecular weight is 318 g/mol. The number of benzene rings is 1. The fraction of sp³-hybridized carbons (Fsp3) is 0.500. The second-order valence-electron chi connectivity index (χ2n) is 3.93. The lowest BCUT2D eigenvalue weighted by molar-refractivity contribution is 0.367. The minimum Gasteiger partial charge on any atom is -0.271 e. The SMILES string of the molecule is CCCC(C)C(NN)c1ccccc1I. The Morgan fingerprint density at radius 1 is 1.40 bits per heavy atom. The van der Waals surface area contributed by atoms with E-state index in [-0.39, 0.29) is 6.04 Å². The Hall–Kier alpha value is -0.130. The summed E-state index contributed by atoms with van der Waals surface area (Å²) in [5.74, 6) is 6.22. The standard InChI is InChI=1S/C12H19IN2/c1-3-6-9(2)12(15-14)10-7-4-5-8-11(10)13/h4-5,7-9,12,15H,3,6,14H2,1-2H3. The Bertz CT molecular complexity index is 301. The monoisotopic (exact) mass is 318 g/mol. The van der Waals surface area contributed by atoms with E-state index in [4.69, 9.17) is 5.84 Å². The molecule has 84 valence electrons. The van der Waals surface area contributed by atoms with E-state index in [2.05, 4.69) is 66.1 Å². The summed E-state index contributed by atoms with van der Waals surface area (Å²) in [6.07, 6.45) is 2.39. The van der Waals surface area contributed by atoms with E-state index in [9.17, 15) is 0 Å². The number of hydrogen-bond donors (Lipinski definition) is 2. The fourth-order valence-electron chi connectivity index (χ4n) is 1.91. The van der Waals surface area contributed by atoms with E-state index in [1.165, 1.54) is 22.0 Å². The maximum Gasteiger partial charge on any atom is 0.0495 e. The molecular weight excluding hydrogens is 299 g/mol. The predicted octanol–water partition coefficient (Wildman–Crippen LogP) is 3.23. The topological polar surface area (TPSA) is 38.0 Å². The molecule has 3 heteroatoms. The molecule has 3 N–H and O–H groups in total. The highest BCUT2D eigenvalue weighted by molar-refractivity contribution is 14.1. The van der Waals surface area contributed by atoms with Gasteiger partial charge in [-0.2, -0.15) is 0 Å². The van der Waals surface area contributed by atoms with Crippen LogP contribution < -0.4 is 11.3 Å². The van der Waals surface area contributed by atoms with Crippen molar-refractivity contribution >= 4 is 22.6 Å². The minimum absolute atomic E-state index is 0.262. The van der Waals surface area contributed by atoms with Crippen molar-refractivity contribution < 1.29 is 0 Å². The maximum atomic E-state index is 5.65. The van der Waals surface area contributed by atoms with Gasteiger partial charge in [0, 0.05) is 9.61 Å². The van der Waals surface area contributed by atoms with Crippen molar-refractivity contribution in [1.82, 2.24) is 5.43 Å². The van der Waals surface area contributed by atoms with Crippen molar-refractivity contribution in [3.05, 3.63) is 33.4 Å². The quantitative estimate of drug-likeness (QED) is 0.497. The fourth-order valence-corrected chi connectivity index (χ4v) is 2.63. The van der Waals surface area contributed by atoms with Gasteiger partial charge in [-0.3, -0.25) is 11.3 Å². The molecular formula is C12H19IN2. The minimum atomic E-state index is 0.262. The van der Waals surface area contributed by atoms with Gasteiger partial charge in [-0.05, 0) is 46.6 Å². The number of halogens is 1. The van der Waals surface area contributed by atoms with Gasteiger partial charge in [0.2, 0.25) is 0 Å². The normalized spacial score (nSPS) is 14.9. The van der Waals surface area contributed by atoms with Gasteiger partial charge < -0.3 is 0 Å². The molecule has 2 unspecified atom stereocenters. The molecule has 0 fully saturated rings. The van der Waals surface area contributed by atoms with E-state index in [1.807, 2.05) is 0 Å². The first-order valence-corrected chi connectivity index (χ1v) is 6.49. The molecule has 0 spiro atoms. The Morgan fingerprint density at radius 3 is 2.60 bits per heavy atom. The highest BCUT2D eigenvalue weighted by Crippen LogP contribution is 2.27. The third kappa shape index (κ3) is 3.43. The second-order valence-corrected chi connectivity index (χ2v) is 5.09. The lowest BCUT2D eigenvalue weighted by atomic mass is 9.91. The maximum absolute atomic E-state index is 5.65. The van der Waals surface area contributed by atoms with Gasteiger partial charge in [0.25, 0.3) is 0 Å². The Labute approximate surface area is 106 Å². The summed E-state index contributed by atoms with van der Waals surface area (Å²) in [5.41, 5.74) is 4.25. The van der Waals surface area contributed by atoms with E-state index in [0.717, 1.165) is 0 Å². The van der Waals surface area contributed by atoms with E-state index < -0.39 is 0 Å². The zero-order valence-corrected chi connectivity index (χ0v) is 11.5. The first kappa shape index (κ1) is 12.9. The summed E-state index contributed by atoms with van der Waals surface area (Å²) in [7, 11) is 0. The zero-order valence-electron chi connectivity index (χ0n) is 9.33. The van der Waals surface area contributed by atoms with Gasteiger partial charge in [-0.25, -0.2) is 0 Å². The molecule has 2 nitrogen and oxygen atoms in total. The third-order valence-corrected chi connectivity index (χ3v) is 3.72. The van der Waals surface area contributed by atoms with Crippen LogP contribution in [0.1, 0.15) is 38.3 Å². The molecule has 2 atom stereocenters. The number of nitrogens with one attached hydrogen (secondary N) is 1. The van der Waals surface area contributed by atoms with Crippen LogP contribution in [0.5, 0.6) is 0 Å². The molecule has 0 aliphatic heterocycles. The van der Waals surface area contributed by atoms with E-state index in [1.54, 1.807) is 0 Å². The molecule has 0 aliphatic carbocycles. The Balaban J connectivity index is 2.87. The van der Waals surface area contributed by atoms with Crippen molar-refractivity contribution in [1.29, 1.82) is 0 Å². The van der Waals surface area contributed by atoms with Crippen LogP contribution >= 0.6 is 22.6 Å². The van der Waals surface area contributed by atoms with Crippen LogP contribution in [0.15, 0.2) is 24.3 Å². The van der Waals surface area contributed by atoms with Crippen LogP contribution in [0, 0.1) is 9.49 Å². The van der Waals surface area contributed by atoms with Crippen molar-refractivity contribution in [3.8, 4) is 0 Å². The number of hydrogen-bond acceptors (Lipinski definition) is 2. The third-order valence-electron chi connectivity index (χ3n) is 2.73. The summed E-state index contributed by atoms with van der Waals surface area (Å²) < 4.78 is 1.28. The molecule has 0 aliphatic rings. The molecule has 1 aromatic rings. The first-order chi connectivity index (χ1) is 7.20. The van der Waals surface area contributed by atoms with Crippen LogP contribution in [0.25, 0.3) is 0 Å². The van der Waals surface area contributed by atoms with E-state index >= 15 is 0 Å². The number of rotatable bonds is 5. The first-order valence-electron chi connectivity index (χ1n) is 5.41. The van der Waals surface area contributed by atoms with Gasteiger partial charge in [0.05, 0.1) is 0 Å². The Kier molecular flexibility index (Phi) is 5.56. The van der Waals surface area contributed by atoms with Crippen LogP contribution in [-0.4, -0.2) is 0 Å². The van der Waals surface area contributed by atoms with Gasteiger partial charge in [-0.15, -0.1) is 0 Å².